The van der Waals surface area contributed by atoms with Crippen molar-refractivity contribution >= 4 is 17.6 Å². The molecule has 0 saturated heterocycles. The normalized spacial score (nSPS) is 28.7. The number of rotatable bonds is 8. The summed E-state index contributed by atoms with van der Waals surface area (Å²) < 4.78 is 23.1. The molecule has 0 aromatic heterocycles. The average molecular weight is 491 g/mol. The van der Waals surface area contributed by atoms with E-state index in [1.807, 2.05) is 13.0 Å². The van der Waals surface area contributed by atoms with Crippen molar-refractivity contribution in [2.45, 2.75) is 57.2 Å². The van der Waals surface area contributed by atoms with Crippen LogP contribution < -0.4 is 9.47 Å². The number of methoxy groups -OCH3 is 1. The van der Waals surface area contributed by atoms with Crippen molar-refractivity contribution in [3.63, 3.8) is 0 Å². The van der Waals surface area contributed by atoms with E-state index in [-0.39, 0.29) is 24.1 Å². The molecule has 4 fully saturated rings. The highest BCUT2D eigenvalue weighted by Gasteiger charge is 2.52. The zero-order valence-electron chi connectivity index (χ0n) is 21.0. The fraction of sp³-hybridized carbons (Fsp3) is 0.500. The van der Waals surface area contributed by atoms with Crippen LogP contribution in [0.2, 0.25) is 0 Å². The van der Waals surface area contributed by atoms with E-state index in [4.69, 9.17) is 18.9 Å². The van der Waals surface area contributed by atoms with Crippen LogP contribution in [-0.2, 0) is 14.9 Å². The van der Waals surface area contributed by atoms with E-state index in [1.54, 1.807) is 19.2 Å². The van der Waals surface area contributed by atoms with Gasteiger partial charge in [-0.05, 0) is 110 Å². The van der Waals surface area contributed by atoms with Gasteiger partial charge in [-0.15, -0.1) is 0 Å². The molecule has 0 amide bonds. The monoisotopic (exact) mass is 490 g/mol. The molecule has 1 atom stereocenters. The van der Waals surface area contributed by atoms with Crippen molar-refractivity contribution in [3.8, 4) is 11.5 Å². The maximum absolute atomic E-state index is 11.3. The lowest BCUT2D eigenvalue weighted by molar-refractivity contribution is -0.150. The lowest BCUT2D eigenvalue weighted by Gasteiger charge is -2.57. The summed E-state index contributed by atoms with van der Waals surface area (Å²) in [6, 6.07) is 11.6. The third kappa shape index (κ3) is 4.31. The molecule has 5 aliphatic rings. The highest BCUT2D eigenvalue weighted by Crippen LogP contribution is 2.62. The molecule has 0 spiro atoms. The van der Waals surface area contributed by atoms with Crippen molar-refractivity contribution < 1.29 is 28.8 Å². The Balaban J connectivity index is 1.35. The number of carboxylic acids is 1. The molecular weight excluding hydrogens is 456 g/mol. The number of carbonyl (C=O) groups is 1. The first-order valence-electron chi connectivity index (χ1n) is 13.1. The second-order valence-corrected chi connectivity index (χ2v) is 11.2. The molecule has 1 heterocycles. The van der Waals surface area contributed by atoms with Gasteiger partial charge < -0.3 is 24.1 Å². The van der Waals surface area contributed by atoms with Crippen molar-refractivity contribution in [1.82, 2.24) is 0 Å². The zero-order chi connectivity index (χ0) is 24.9. The van der Waals surface area contributed by atoms with E-state index in [1.165, 1.54) is 44.1 Å². The van der Waals surface area contributed by atoms with E-state index >= 15 is 0 Å². The minimum atomic E-state index is -0.948. The second kappa shape index (κ2) is 9.24. The Morgan fingerprint density at radius 2 is 1.81 bits per heavy atom. The molecule has 1 N–H and O–H groups in total. The van der Waals surface area contributed by atoms with Crippen LogP contribution in [0, 0.1) is 17.8 Å². The summed E-state index contributed by atoms with van der Waals surface area (Å²) in [6.07, 6.45) is 9.68. The molecule has 2 aromatic rings. The van der Waals surface area contributed by atoms with Gasteiger partial charge in [-0.25, -0.2) is 4.79 Å². The van der Waals surface area contributed by atoms with Crippen LogP contribution in [0.3, 0.4) is 0 Å². The van der Waals surface area contributed by atoms with Crippen molar-refractivity contribution in [2.24, 2.45) is 17.8 Å². The Morgan fingerprint density at radius 3 is 2.47 bits per heavy atom. The molecule has 0 radical (unpaired) electrons. The van der Waals surface area contributed by atoms with Crippen LogP contribution in [0.4, 0.5) is 0 Å². The van der Waals surface area contributed by atoms with Gasteiger partial charge in [0.25, 0.3) is 0 Å². The number of ether oxygens (including phenoxy) is 4. The van der Waals surface area contributed by atoms with E-state index in [2.05, 4.69) is 24.3 Å². The van der Waals surface area contributed by atoms with Gasteiger partial charge in [-0.1, -0.05) is 12.1 Å². The van der Waals surface area contributed by atoms with Crippen LogP contribution in [-0.4, -0.2) is 37.9 Å². The van der Waals surface area contributed by atoms with E-state index < -0.39 is 5.97 Å². The van der Waals surface area contributed by atoms with Crippen molar-refractivity contribution in [2.75, 3.05) is 20.5 Å². The van der Waals surface area contributed by atoms with Gasteiger partial charge in [0, 0.05) is 18.2 Å². The molecule has 1 unspecified atom stereocenters. The number of aromatic carboxylic acids is 1. The third-order valence-electron chi connectivity index (χ3n) is 8.78. The standard InChI is InChI=1S/C30H34O6/c1-18(33-2)35-17-36-27-6-5-22(25-10-23-3-4-24(29(31)32)12-28(23)34-16-25)11-26(27)30-13-19-7-20(14-30)9-21(8-19)15-30/h3-6,10-12,18-21H,7-9,13-17H2,1-2H3,(H,31,32). The number of hydrogen-bond acceptors (Lipinski definition) is 5. The molecule has 6 nitrogen and oxygen atoms in total. The summed E-state index contributed by atoms with van der Waals surface area (Å²) in [5.74, 6) is 3.05. The van der Waals surface area contributed by atoms with Gasteiger partial charge >= 0.3 is 5.97 Å². The van der Waals surface area contributed by atoms with Crippen LogP contribution in [0.25, 0.3) is 11.6 Å². The molecule has 190 valence electrons. The largest absolute Gasteiger partial charge is 0.488 e. The summed E-state index contributed by atoms with van der Waals surface area (Å²) in [5, 5.41) is 9.30. The lowest BCUT2D eigenvalue weighted by atomic mass is 9.48. The summed E-state index contributed by atoms with van der Waals surface area (Å²) in [6.45, 7) is 2.42. The molecule has 7 rings (SSSR count). The quantitative estimate of drug-likeness (QED) is 0.449. The summed E-state index contributed by atoms with van der Waals surface area (Å²) in [4.78, 5) is 11.3. The van der Waals surface area contributed by atoms with Crippen molar-refractivity contribution in [1.29, 1.82) is 0 Å². The number of carboxylic acid groups (broad SMARTS) is 1. The molecule has 4 aliphatic carbocycles. The maximum atomic E-state index is 11.3. The molecule has 2 aromatic carbocycles. The fourth-order valence-electron chi connectivity index (χ4n) is 7.44. The Labute approximate surface area is 212 Å². The molecular formula is C30H34O6. The number of hydrogen-bond donors (Lipinski definition) is 1. The van der Waals surface area contributed by atoms with Gasteiger partial charge in [0.05, 0.1) is 5.56 Å². The molecule has 4 bridgehead atoms. The van der Waals surface area contributed by atoms with Gasteiger partial charge in [0.1, 0.15) is 18.1 Å². The zero-order valence-corrected chi connectivity index (χ0v) is 21.0. The summed E-state index contributed by atoms with van der Waals surface area (Å²) in [7, 11) is 1.63. The first-order chi connectivity index (χ1) is 17.4. The Morgan fingerprint density at radius 1 is 1.08 bits per heavy atom. The summed E-state index contributed by atoms with van der Waals surface area (Å²) in [5.41, 5.74) is 4.83. The Kier molecular flexibility index (Phi) is 6.05. The van der Waals surface area contributed by atoms with E-state index in [9.17, 15) is 9.90 Å². The fourth-order valence-corrected chi connectivity index (χ4v) is 7.44. The van der Waals surface area contributed by atoms with E-state index in [0.29, 0.717) is 12.4 Å². The summed E-state index contributed by atoms with van der Waals surface area (Å²) >= 11 is 0. The predicted molar refractivity (Wildman–Crippen MR) is 136 cm³/mol. The first kappa shape index (κ1) is 23.6. The SMILES string of the molecule is COC(C)OCOc1ccc(C2=Cc3ccc(C(=O)O)cc3OC2)cc1C12CC3CC(CC(C3)C1)C2. The van der Waals surface area contributed by atoms with Gasteiger partial charge in [-0.2, -0.15) is 0 Å². The molecule has 6 heteroatoms. The maximum Gasteiger partial charge on any atom is 0.335 e. The lowest BCUT2D eigenvalue weighted by Crippen LogP contribution is -2.48. The van der Waals surface area contributed by atoms with Crippen LogP contribution in [0.1, 0.15) is 72.5 Å². The van der Waals surface area contributed by atoms with Crippen molar-refractivity contribution in [3.05, 3.63) is 58.7 Å². The van der Waals surface area contributed by atoms with Crippen LogP contribution >= 0.6 is 0 Å². The molecule has 1 aliphatic heterocycles. The average Bonchev–Trinajstić information content (AvgIpc) is 2.87. The minimum absolute atomic E-state index is 0.152. The topological polar surface area (TPSA) is 74.2 Å². The predicted octanol–water partition coefficient (Wildman–Crippen LogP) is 6.13. The molecule has 4 saturated carbocycles. The first-order valence-corrected chi connectivity index (χ1v) is 13.1. The Bertz CT molecular complexity index is 1160. The number of fused-ring (bicyclic) bond motifs is 1. The van der Waals surface area contributed by atoms with E-state index in [0.717, 1.165) is 40.2 Å². The van der Waals surface area contributed by atoms with Gasteiger partial charge in [0.15, 0.2) is 13.1 Å². The Hall–Kier alpha value is -2.83. The highest BCUT2D eigenvalue weighted by molar-refractivity contribution is 5.91. The highest BCUT2D eigenvalue weighted by atomic mass is 16.7. The third-order valence-corrected chi connectivity index (χ3v) is 8.78. The second-order valence-electron chi connectivity index (χ2n) is 11.2. The van der Waals surface area contributed by atoms with Crippen LogP contribution in [0.5, 0.6) is 11.5 Å². The van der Waals surface area contributed by atoms with Gasteiger partial charge in [-0.3, -0.25) is 0 Å². The smallest absolute Gasteiger partial charge is 0.335 e. The molecule has 36 heavy (non-hydrogen) atoms. The van der Waals surface area contributed by atoms with Gasteiger partial charge in [0.2, 0.25) is 0 Å². The minimum Gasteiger partial charge on any atom is -0.488 e. The van der Waals surface area contributed by atoms with Crippen LogP contribution in [0.15, 0.2) is 36.4 Å². The number of benzene rings is 2.